The highest BCUT2D eigenvalue weighted by molar-refractivity contribution is 6.12. The maximum atomic E-state index is 12.0. The van der Waals surface area contributed by atoms with Crippen molar-refractivity contribution >= 4 is 28.3 Å². The second kappa shape index (κ2) is 4.46. The number of rotatable bonds is 2. The predicted molar refractivity (Wildman–Crippen MR) is 72.7 cm³/mol. The van der Waals surface area contributed by atoms with Gasteiger partial charge in [0.05, 0.1) is 5.92 Å². The summed E-state index contributed by atoms with van der Waals surface area (Å²) in [6.07, 6.45) is 2.29. The number of Topliss-reactive ketones (excluding diaryl/α,β-unsaturated/α-hetero) is 1. The molecule has 0 bridgehead atoms. The van der Waals surface area contributed by atoms with Gasteiger partial charge in [0, 0.05) is 17.5 Å². The van der Waals surface area contributed by atoms with E-state index in [9.17, 15) is 9.59 Å². The Balaban J connectivity index is 1.86. The molecule has 1 N–H and O–H groups in total. The molecule has 19 heavy (non-hydrogen) atoms. The summed E-state index contributed by atoms with van der Waals surface area (Å²) in [5.74, 6) is -0.188. The second-order valence-electron chi connectivity index (χ2n) is 4.96. The zero-order chi connectivity index (χ0) is 13.4. The summed E-state index contributed by atoms with van der Waals surface area (Å²) in [5, 5.41) is 4.67. The van der Waals surface area contributed by atoms with Crippen molar-refractivity contribution in [1.82, 2.24) is 4.98 Å². The number of pyridine rings is 1. The van der Waals surface area contributed by atoms with E-state index in [0.717, 1.165) is 10.8 Å². The van der Waals surface area contributed by atoms with Crippen molar-refractivity contribution in [3.05, 3.63) is 36.5 Å². The highest BCUT2D eigenvalue weighted by atomic mass is 16.2. The first-order valence-electron chi connectivity index (χ1n) is 6.35. The summed E-state index contributed by atoms with van der Waals surface area (Å²) in [7, 11) is 0. The number of aromatic nitrogens is 1. The van der Waals surface area contributed by atoms with E-state index in [4.69, 9.17) is 0 Å². The molecule has 0 aliphatic heterocycles. The van der Waals surface area contributed by atoms with Crippen molar-refractivity contribution in [2.45, 2.75) is 13.3 Å². The van der Waals surface area contributed by atoms with Crippen molar-refractivity contribution in [3.8, 4) is 0 Å². The Labute approximate surface area is 110 Å². The van der Waals surface area contributed by atoms with Crippen LogP contribution in [0.5, 0.6) is 0 Å². The highest BCUT2D eigenvalue weighted by Crippen LogP contribution is 2.30. The van der Waals surface area contributed by atoms with Gasteiger partial charge < -0.3 is 5.32 Å². The van der Waals surface area contributed by atoms with E-state index in [-0.39, 0.29) is 17.6 Å². The van der Waals surface area contributed by atoms with Crippen LogP contribution in [0.1, 0.15) is 13.3 Å². The molecule has 2 unspecified atom stereocenters. The normalized spacial score (nSPS) is 22.1. The standard InChI is InChI=1S/C15H14N2O2/c1-9-8-12(13(9)18)15(19)17-14-11-5-3-2-4-10(11)6-7-16-14/h2-7,9,12H,8H2,1H3,(H,16,17,19). The van der Waals surface area contributed by atoms with E-state index >= 15 is 0 Å². The summed E-state index contributed by atoms with van der Waals surface area (Å²) in [6.45, 7) is 1.85. The first-order valence-corrected chi connectivity index (χ1v) is 6.35. The first-order chi connectivity index (χ1) is 9.16. The van der Waals surface area contributed by atoms with Crippen LogP contribution in [-0.2, 0) is 9.59 Å². The van der Waals surface area contributed by atoms with Crippen LogP contribution < -0.4 is 5.32 Å². The minimum atomic E-state index is -0.504. The van der Waals surface area contributed by atoms with Gasteiger partial charge in [-0.05, 0) is 17.9 Å². The second-order valence-corrected chi connectivity index (χ2v) is 4.96. The molecule has 0 spiro atoms. The number of nitrogens with zero attached hydrogens (tertiary/aromatic N) is 1. The van der Waals surface area contributed by atoms with Crippen LogP contribution in [0.3, 0.4) is 0 Å². The lowest BCUT2D eigenvalue weighted by atomic mass is 9.74. The fourth-order valence-corrected chi connectivity index (χ4v) is 2.43. The molecule has 1 aromatic heterocycles. The SMILES string of the molecule is CC1CC(C(=O)Nc2nccc3ccccc23)C1=O. The molecular weight excluding hydrogens is 240 g/mol. The predicted octanol–water partition coefficient (Wildman–Crippen LogP) is 2.40. The minimum absolute atomic E-state index is 0.0104. The molecule has 2 aromatic rings. The number of benzene rings is 1. The number of fused-ring (bicyclic) bond motifs is 1. The summed E-state index contributed by atoms with van der Waals surface area (Å²) >= 11 is 0. The van der Waals surface area contributed by atoms with Crippen LogP contribution in [0, 0.1) is 11.8 Å². The van der Waals surface area contributed by atoms with E-state index in [1.54, 1.807) is 6.20 Å². The number of amides is 1. The van der Waals surface area contributed by atoms with Crippen LogP contribution >= 0.6 is 0 Å². The quantitative estimate of drug-likeness (QED) is 0.837. The van der Waals surface area contributed by atoms with Crippen molar-refractivity contribution in [2.24, 2.45) is 11.8 Å². The van der Waals surface area contributed by atoms with Gasteiger partial charge in [0.1, 0.15) is 11.6 Å². The van der Waals surface area contributed by atoms with E-state index in [1.165, 1.54) is 0 Å². The molecule has 2 atom stereocenters. The van der Waals surface area contributed by atoms with Crippen molar-refractivity contribution in [3.63, 3.8) is 0 Å². The number of hydrogen-bond acceptors (Lipinski definition) is 3. The van der Waals surface area contributed by atoms with Gasteiger partial charge in [-0.1, -0.05) is 31.2 Å². The fourth-order valence-electron chi connectivity index (χ4n) is 2.43. The van der Waals surface area contributed by atoms with Gasteiger partial charge in [-0.2, -0.15) is 0 Å². The molecule has 1 aliphatic carbocycles. The fraction of sp³-hybridized carbons (Fsp3) is 0.267. The van der Waals surface area contributed by atoms with Crippen molar-refractivity contribution in [1.29, 1.82) is 0 Å². The van der Waals surface area contributed by atoms with Crippen molar-refractivity contribution in [2.75, 3.05) is 5.32 Å². The highest BCUT2D eigenvalue weighted by Gasteiger charge is 2.41. The third kappa shape index (κ3) is 1.99. The molecule has 1 aromatic carbocycles. The van der Waals surface area contributed by atoms with Gasteiger partial charge in [-0.15, -0.1) is 0 Å². The Morgan fingerprint density at radius 1 is 1.32 bits per heavy atom. The molecule has 1 aliphatic rings. The van der Waals surface area contributed by atoms with Crippen molar-refractivity contribution < 1.29 is 9.59 Å². The molecule has 0 radical (unpaired) electrons. The Kier molecular flexibility index (Phi) is 2.78. The van der Waals surface area contributed by atoms with Crippen LogP contribution in [-0.4, -0.2) is 16.7 Å². The Morgan fingerprint density at radius 3 is 2.84 bits per heavy atom. The van der Waals surface area contributed by atoms with Gasteiger partial charge in [0.15, 0.2) is 0 Å². The molecule has 3 rings (SSSR count). The lowest BCUT2D eigenvalue weighted by Crippen LogP contribution is -2.43. The summed E-state index contributed by atoms with van der Waals surface area (Å²) in [4.78, 5) is 27.8. The van der Waals surface area contributed by atoms with Gasteiger partial charge in [0.2, 0.25) is 5.91 Å². The maximum Gasteiger partial charge on any atom is 0.236 e. The third-order valence-electron chi connectivity index (χ3n) is 3.65. The van der Waals surface area contributed by atoms with Crippen LogP contribution in [0.2, 0.25) is 0 Å². The summed E-state index contributed by atoms with van der Waals surface area (Å²) < 4.78 is 0. The molecular formula is C15H14N2O2. The van der Waals surface area contributed by atoms with Crippen LogP contribution in [0.25, 0.3) is 10.8 Å². The van der Waals surface area contributed by atoms with Gasteiger partial charge in [-0.25, -0.2) is 4.98 Å². The first kappa shape index (κ1) is 11.8. The zero-order valence-electron chi connectivity index (χ0n) is 10.6. The number of carbonyl (C=O) groups is 2. The summed E-state index contributed by atoms with van der Waals surface area (Å²) in [6, 6.07) is 9.59. The molecule has 0 saturated heterocycles. The number of anilines is 1. The van der Waals surface area contributed by atoms with E-state index < -0.39 is 5.92 Å². The third-order valence-corrected chi connectivity index (χ3v) is 3.65. The lowest BCUT2D eigenvalue weighted by Gasteiger charge is -2.29. The van der Waals surface area contributed by atoms with Gasteiger partial charge in [-0.3, -0.25) is 9.59 Å². The minimum Gasteiger partial charge on any atom is -0.310 e. The molecule has 4 nitrogen and oxygen atoms in total. The number of hydrogen-bond donors (Lipinski definition) is 1. The molecule has 1 amide bonds. The van der Waals surface area contributed by atoms with E-state index in [1.807, 2.05) is 37.3 Å². The van der Waals surface area contributed by atoms with E-state index in [2.05, 4.69) is 10.3 Å². The largest absolute Gasteiger partial charge is 0.310 e. The molecule has 4 heteroatoms. The lowest BCUT2D eigenvalue weighted by molar-refractivity contribution is -0.141. The zero-order valence-corrected chi connectivity index (χ0v) is 10.6. The molecule has 1 fully saturated rings. The number of carbonyl (C=O) groups excluding carboxylic acids is 2. The van der Waals surface area contributed by atoms with Crippen LogP contribution in [0.4, 0.5) is 5.82 Å². The smallest absolute Gasteiger partial charge is 0.236 e. The summed E-state index contributed by atoms with van der Waals surface area (Å²) in [5.41, 5.74) is 0. The Bertz CT molecular complexity index is 661. The average molecular weight is 254 g/mol. The molecule has 96 valence electrons. The monoisotopic (exact) mass is 254 g/mol. The number of ketones is 1. The number of nitrogens with one attached hydrogen (secondary N) is 1. The topological polar surface area (TPSA) is 59.1 Å². The Hall–Kier alpha value is -2.23. The van der Waals surface area contributed by atoms with Crippen LogP contribution in [0.15, 0.2) is 36.5 Å². The van der Waals surface area contributed by atoms with Gasteiger partial charge in [0.25, 0.3) is 0 Å². The maximum absolute atomic E-state index is 12.0. The molecule has 1 saturated carbocycles. The Morgan fingerprint density at radius 2 is 2.11 bits per heavy atom. The van der Waals surface area contributed by atoms with Gasteiger partial charge >= 0.3 is 0 Å². The molecule has 1 heterocycles. The average Bonchev–Trinajstić information content (AvgIpc) is 2.44. The van der Waals surface area contributed by atoms with E-state index in [0.29, 0.717) is 12.2 Å².